The zero-order chi connectivity index (χ0) is 13.7. The molecule has 5 nitrogen and oxygen atoms in total. The van der Waals surface area contributed by atoms with Gasteiger partial charge in [0, 0.05) is 20.1 Å². The smallest absolute Gasteiger partial charge is 0.236 e. The van der Waals surface area contributed by atoms with Crippen molar-refractivity contribution in [1.82, 2.24) is 20.4 Å². The molecule has 102 valence electrons. The fraction of sp³-hybridized carbons (Fsp3) is 0.667. The largest absolute Gasteiger partial charge is 0.355 e. The number of carbonyl (C=O) groups is 1. The van der Waals surface area contributed by atoms with Gasteiger partial charge in [-0.25, -0.2) is 0 Å². The molecule has 0 radical (unpaired) electrons. The van der Waals surface area contributed by atoms with E-state index in [1.165, 1.54) is 0 Å². The molecule has 6 heteroatoms. The molecule has 0 aromatic carbocycles. The van der Waals surface area contributed by atoms with Crippen molar-refractivity contribution in [2.45, 2.75) is 39.8 Å². The van der Waals surface area contributed by atoms with Gasteiger partial charge in [0.15, 0.2) is 0 Å². The molecule has 0 fully saturated rings. The lowest BCUT2D eigenvalue weighted by molar-refractivity contribution is -0.122. The van der Waals surface area contributed by atoms with Gasteiger partial charge in [-0.15, -0.1) is 0 Å². The highest BCUT2D eigenvalue weighted by molar-refractivity contribution is 9.10. The van der Waals surface area contributed by atoms with Crippen LogP contribution in [0, 0.1) is 6.92 Å². The van der Waals surface area contributed by atoms with E-state index in [0.717, 1.165) is 28.8 Å². The predicted octanol–water partition coefficient (Wildman–Crippen LogP) is 1.50. The lowest BCUT2D eigenvalue weighted by atomic mass is 10.3. The molecular weight excluding hydrogens is 296 g/mol. The van der Waals surface area contributed by atoms with E-state index in [1.54, 1.807) is 0 Å². The van der Waals surface area contributed by atoms with Crippen molar-refractivity contribution in [3.8, 4) is 0 Å². The molecule has 0 bridgehead atoms. The summed E-state index contributed by atoms with van der Waals surface area (Å²) in [5.41, 5.74) is 2.00. The third-order valence-corrected chi connectivity index (χ3v) is 3.81. The summed E-state index contributed by atoms with van der Waals surface area (Å²) >= 11 is 3.51. The Morgan fingerprint density at radius 2 is 2.22 bits per heavy atom. The molecule has 1 rings (SSSR count). The fourth-order valence-electron chi connectivity index (χ4n) is 1.62. The van der Waals surface area contributed by atoms with Crippen molar-refractivity contribution in [3.05, 3.63) is 15.9 Å². The van der Waals surface area contributed by atoms with Crippen molar-refractivity contribution in [2.75, 3.05) is 6.54 Å². The van der Waals surface area contributed by atoms with Gasteiger partial charge in [-0.3, -0.25) is 9.48 Å². The summed E-state index contributed by atoms with van der Waals surface area (Å²) in [5, 5.41) is 10.4. The topological polar surface area (TPSA) is 59.0 Å². The molecule has 18 heavy (non-hydrogen) atoms. The number of hydrogen-bond donors (Lipinski definition) is 2. The first-order valence-electron chi connectivity index (χ1n) is 6.16. The number of aromatic nitrogens is 2. The minimum Gasteiger partial charge on any atom is -0.355 e. The van der Waals surface area contributed by atoms with Crippen LogP contribution in [0.25, 0.3) is 0 Å². The average molecular weight is 317 g/mol. The van der Waals surface area contributed by atoms with Crippen LogP contribution in [-0.4, -0.2) is 28.3 Å². The van der Waals surface area contributed by atoms with Gasteiger partial charge in [-0.2, -0.15) is 5.10 Å². The van der Waals surface area contributed by atoms with E-state index in [-0.39, 0.29) is 11.9 Å². The van der Waals surface area contributed by atoms with Gasteiger partial charge >= 0.3 is 0 Å². The maximum absolute atomic E-state index is 11.7. The van der Waals surface area contributed by atoms with Crippen LogP contribution in [-0.2, 0) is 18.4 Å². The van der Waals surface area contributed by atoms with Crippen LogP contribution in [0.2, 0.25) is 0 Å². The van der Waals surface area contributed by atoms with Gasteiger partial charge in [0.1, 0.15) is 0 Å². The molecule has 0 aliphatic carbocycles. The Morgan fingerprint density at radius 1 is 1.56 bits per heavy atom. The van der Waals surface area contributed by atoms with Crippen molar-refractivity contribution in [3.63, 3.8) is 0 Å². The number of nitrogens with one attached hydrogen (secondary N) is 2. The van der Waals surface area contributed by atoms with E-state index >= 15 is 0 Å². The molecule has 1 aromatic heterocycles. The minimum atomic E-state index is -0.210. The van der Waals surface area contributed by atoms with Crippen molar-refractivity contribution >= 4 is 21.8 Å². The molecular formula is C12H21BrN4O. The van der Waals surface area contributed by atoms with Crippen molar-refractivity contribution in [1.29, 1.82) is 0 Å². The zero-order valence-electron chi connectivity index (χ0n) is 11.4. The summed E-state index contributed by atoms with van der Waals surface area (Å²) in [7, 11) is 1.90. The lowest BCUT2D eigenvalue weighted by Crippen LogP contribution is -2.42. The van der Waals surface area contributed by atoms with Crippen LogP contribution >= 0.6 is 15.9 Å². The first-order valence-corrected chi connectivity index (χ1v) is 6.95. The lowest BCUT2D eigenvalue weighted by Gasteiger charge is -2.14. The Morgan fingerprint density at radius 3 is 2.72 bits per heavy atom. The van der Waals surface area contributed by atoms with E-state index < -0.39 is 0 Å². The van der Waals surface area contributed by atoms with Gasteiger partial charge in [0.25, 0.3) is 0 Å². The first kappa shape index (κ1) is 15.2. The maximum atomic E-state index is 11.7. The molecule has 0 saturated carbocycles. The average Bonchev–Trinajstić information content (AvgIpc) is 2.58. The number of rotatable bonds is 6. The molecule has 1 heterocycles. The molecule has 1 amide bonds. The second-order valence-electron chi connectivity index (χ2n) is 4.36. The van der Waals surface area contributed by atoms with Crippen LogP contribution in [0.15, 0.2) is 4.47 Å². The normalized spacial score (nSPS) is 12.5. The Bertz CT molecular complexity index is 416. The summed E-state index contributed by atoms with van der Waals surface area (Å²) in [6.45, 7) is 7.18. The fourth-order valence-corrected chi connectivity index (χ4v) is 2.09. The summed E-state index contributed by atoms with van der Waals surface area (Å²) in [6, 6.07) is -0.210. The van der Waals surface area contributed by atoms with Crippen molar-refractivity contribution in [2.24, 2.45) is 7.05 Å². The van der Waals surface area contributed by atoms with E-state index in [4.69, 9.17) is 0 Å². The standard InChI is InChI=1S/C12H21BrN4O/c1-5-6-14-12(18)9(3)15-7-10-11(13)8(2)16-17(10)4/h9,15H,5-7H2,1-4H3,(H,14,18). The summed E-state index contributed by atoms with van der Waals surface area (Å²) < 4.78 is 2.82. The monoisotopic (exact) mass is 316 g/mol. The van der Waals surface area contributed by atoms with Gasteiger partial charge in [0.05, 0.1) is 21.9 Å². The zero-order valence-corrected chi connectivity index (χ0v) is 13.0. The number of nitrogens with zero attached hydrogens (tertiary/aromatic N) is 2. The van der Waals surface area contributed by atoms with Crippen molar-refractivity contribution < 1.29 is 4.79 Å². The summed E-state index contributed by atoms with van der Waals surface area (Å²) in [5.74, 6) is 0.0341. The molecule has 0 saturated heterocycles. The number of halogens is 1. The maximum Gasteiger partial charge on any atom is 0.236 e. The summed E-state index contributed by atoms with van der Waals surface area (Å²) in [6.07, 6.45) is 0.949. The molecule has 0 aliphatic heterocycles. The van der Waals surface area contributed by atoms with E-state index in [9.17, 15) is 4.79 Å². The SMILES string of the molecule is CCCNC(=O)C(C)NCc1c(Br)c(C)nn1C. The Balaban J connectivity index is 2.52. The minimum absolute atomic E-state index is 0.0341. The summed E-state index contributed by atoms with van der Waals surface area (Å²) in [4.78, 5) is 11.7. The Labute approximate surface area is 116 Å². The van der Waals surface area contributed by atoms with Crippen LogP contribution in [0.3, 0.4) is 0 Å². The second-order valence-corrected chi connectivity index (χ2v) is 5.16. The Hall–Kier alpha value is -0.880. The van der Waals surface area contributed by atoms with Crippen LogP contribution in [0.4, 0.5) is 0 Å². The molecule has 1 unspecified atom stereocenters. The molecule has 2 N–H and O–H groups in total. The van der Waals surface area contributed by atoms with Crippen LogP contribution in [0.1, 0.15) is 31.7 Å². The first-order chi connectivity index (χ1) is 8.47. The molecule has 1 aromatic rings. The number of carbonyl (C=O) groups excluding carboxylic acids is 1. The van der Waals surface area contributed by atoms with E-state index in [2.05, 4.69) is 31.7 Å². The quantitative estimate of drug-likeness (QED) is 0.836. The highest BCUT2D eigenvalue weighted by Gasteiger charge is 2.15. The van der Waals surface area contributed by atoms with Crippen LogP contribution in [0.5, 0.6) is 0 Å². The predicted molar refractivity (Wildman–Crippen MR) is 75.2 cm³/mol. The van der Waals surface area contributed by atoms with Gasteiger partial charge in [0.2, 0.25) is 5.91 Å². The van der Waals surface area contributed by atoms with Gasteiger partial charge in [-0.05, 0) is 36.2 Å². The second kappa shape index (κ2) is 6.89. The Kier molecular flexibility index (Phi) is 5.81. The number of amides is 1. The number of hydrogen-bond acceptors (Lipinski definition) is 3. The molecule has 0 aliphatic rings. The van der Waals surface area contributed by atoms with Gasteiger partial charge in [-0.1, -0.05) is 6.92 Å². The number of aryl methyl sites for hydroxylation is 2. The van der Waals surface area contributed by atoms with E-state index in [0.29, 0.717) is 6.54 Å². The highest BCUT2D eigenvalue weighted by Crippen LogP contribution is 2.19. The molecule has 1 atom stereocenters. The van der Waals surface area contributed by atoms with Gasteiger partial charge < -0.3 is 10.6 Å². The van der Waals surface area contributed by atoms with E-state index in [1.807, 2.05) is 32.5 Å². The molecule has 0 spiro atoms. The third kappa shape index (κ3) is 3.81. The third-order valence-electron chi connectivity index (χ3n) is 2.78. The highest BCUT2D eigenvalue weighted by atomic mass is 79.9. The van der Waals surface area contributed by atoms with Crippen LogP contribution < -0.4 is 10.6 Å².